The minimum atomic E-state index is -1.16. The molecule has 0 spiro atoms. The van der Waals surface area contributed by atoms with Crippen LogP contribution in [0.15, 0.2) is 29.2 Å². The number of halogens is 1. The molecule has 1 aliphatic heterocycles. The van der Waals surface area contributed by atoms with Crippen LogP contribution in [0.4, 0.5) is 9.18 Å². The SMILES string of the molecule is O=C(O)N[C@H]1CCN(CCn2c(=O)ccc3ncc(F)cc32)C[C@H]1O. The number of fused-ring (bicyclic) bond motifs is 1. The van der Waals surface area contributed by atoms with E-state index in [0.29, 0.717) is 43.6 Å². The molecule has 0 aromatic carbocycles. The summed E-state index contributed by atoms with van der Waals surface area (Å²) in [6.45, 7) is 1.70. The number of carboxylic acid groups (broad SMARTS) is 1. The van der Waals surface area contributed by atoms with Gasteiger partial charge in [-0.25, -0.2) is 9.18 Å². The maximum absolute atomic E-state index is 13.5. The molecule has 2 aromatic heterocycles. The Hall–Kier alpha value is -2.52. The summed E-state index contributed by atoms with van der Waals surface area (Å²) in [5.74, 6) is -0.511. The number of aromatic nitrogens is 2. The summed E-state index contributed by atoms with van der Waals surface area (Å²) in [4.78, 5) is 28.7. The van der Waals surface area contributed by atoms with Crippen molar-refractivity contribution in [2.75, 3.05) is 19.6 Å². The number of pyridine rings is 2. The van der Waals surface area contributed by atoms with Gasteiger partial charge in [0.25, 0.3) is 5.56 Å². The highest BCUT2D eigenvalue weighted by molar-refractivity contribution is 5.74. The molecule has 0 bridgehead atoms. The third-order valence-corrected chi connectivity index (χ3v) is 4.42. The van der Waals surface area contributed by atoms with Crippen LogP contribution in [0.25, 0.3) is 11.0 Å². The lowest BCUT2D eigenvalue weighted by molar-refractivity contribution is 0.0394. The molecule has 134 valence electrons. The molecular weight excluding hydrogens is 331 g/mol. The van der Waals surface area contributed by atoms with Crippen LogP contribution in [0.1, 0.15) is 6.42 Å². The first kappa shape index (κ1) is 17.3. The fourth-order valence-corrected chi connectivity index (χ4v) is 3.14. The van der Waals surface area contributed by atoms with E-state index in [4.69, 9.17) is 5.11 Å². The lowest BCUT2D eigenvalue weighted by atomic mass is 10.0. The van der Waals surface area contributed by atoms with Crippen molar-refractivity contribution in [1.29, 1.82) is 0 Å². The summed E-state index contributed by atoms with van der Waals surface area (Å²) in [7, 11) is 0. The largest absolute Gasteiger partial charge is 0.465 e. The Balaban J connectivity index is 1.69. The first-order chi connectivity index (χ1) is 11.9. The molecule has 1 saturated heterocycles. The van der Waals surface area contributed by atoms with Gasteiger partial charge in [-0.15, -0.1) is 0 Å². The van der Waals surface area contributed by atoms with Crippen LogP contribution >= 0.6 is 0 Å². The van der Waals surface area contributed by atoms with E-state index in [2.05, 4.69) is 10.3 Å². The maximum atomic E-state index is 13.5. The van der Waals surface area contributed by atoms with Crippen LogP contribution in [-0.2, 0) is 6.54 Å². The zero-order valence-corrected chi connectivity index (χ0v) is 13.4. The summed E-state index contributed by atoms with van der Waals surface area (Å²) >= 11 is 0. The van der Waals surface area contributed by atoms with Crippen LogP contribution in [0, 0.1) is 5.82 Å². The van der Waals surface area contributed by atoms with Gasteiger partial charge in [-0.1, -0.05) is 0 Å². The molecule has 2 atom stereocenters. The van der Waals surface area contributed by atoms with Crippen LogP contribution in [0.3, 0.4) is 0 Å². The number of piperidine rings is 1. The lowest BCUT2D eigenvalue weighted by Crippen LogP contribution is -2.54. The summed E-state index contributed by atoms with van der Waals surface area (Å²) < 4.78 is 14.9. The van der Waals surface area contributed by atoms with Crippen molar-refractivity contribution in [2.45, 2.75) is 25.1 Å². The zero-order chi connectivity index (χ0) is 18.0. The number of nitrogens with zero attached hydrogens (tertiary/aromatic N) is 3. The maximum Gasteiger partial charge on any atom is 0.404 e. The van der Waals surface area contributed by atoms with Gasteiger partial charge in [0.15, 0.2) is 0 Å². The Morgan fingerprint density at radius 2 is 2.20 bits per heavy atom. The highest BCUT2D eigenvalue weighted by Crippen LogP contribution is 2.13. The predicted octanol–water partition coefficient (Wildman–Crippen LogP) is 0.238. The van der Waals surface area contributed by atoms with Crippen LogP contribution in [0.5, 0.6) is 0 Å². The second-order valence-corrected chi connectivity index (χ2v) is 6.09. The van der Waals surface area contributed by atoms with Gasteiger partial charge in [-0.3, -0.25) is 14.7 Å². The predicted molar refractivity (Wildman–Crippen MR) is 88.0 cm³/mol. The summed E-state index contributed by atoms with van der Waals surface area (Å²) in [5, 5.41) is 21.1. The number of amides is 1. The number of carbonyl (C=O) groups is 1. The molecule has 8 nitrogen and oxygen atoms in total. The minimum Gasteiger partial charge on any atom is -0.465 e. The molecule has 2 aromatic rings. The fourth-order valence-electron chi connectivity index (χ4n) is 3.14. The molecule has 3 N–H and O–H groups in total. The van der Waals surface area contributed by atoms with Gasteiger partial charge < -0.3 is 20.1 Å². The number of hydrogen-bond donors (Lipinski definition) is 3. The Labute approximate surface area is 142 Å². The normalized spacial score (nSPS) is 21.4. The molecule has 1 aliphatic rings. The Bertz CT molecular complexity index is 840. The van der Waals surface area contributed by atoms with E-state index < -0.39 is 24.1 Å². The van der Waals surface area contributed by atoms with Crippen LogP contribution in [0.2, 0.25) is 0 Å². The smallest absolute Gasteiger partial charge is 0.404 e. The van der Waals surface area contributed by atoms with Gasteiger partial charge in [0.05, 0.1) is 29.4 Å². The van der Waals surface area contributed by atoms with Crippen molar-refractivity contribution >= 4 is 17.1 Å². The van der Waals surface area contributed by atoms with Gasteiger partial charge in [0, 0.05) is 38.3 Å². The van der Waals surface area contributed by atoms with Gasteiger partial charge in [-0.05, 0) is 12.5 Å². The number of likely N-dealkylation sites (tertiary alicyclic amines) is 1. The first-order valence-electron chi connectivity index (χ1n) is 7.99. The summed E-state index contributed by atoms with van der Waals surface area (Å²) in [6.07, 6.45) is -0.385. The minimum absolute atomic E-state index is 0.247. The number of aliphatic hydroxyl groups is 1. The van der Waals surface area contributed by atoms with Crippen molar-refractivity contribution in [2.24, 2.45) is 0 Å². The average Bonchev–Trinajstić information content (AvgIpc) is 2.56. The van der Waals surface area contributed by atoms with Gasteiger partial charge in [0.1, 0.15) is 5.82 Å². The van der Waals surface area contributed by atoms with Gasteiger partial charge >= 0.3 is 6.09 Å². The molecule has 0 unspecified atom stereocenters. The summed E-state index contributed by atoms with van der Waals surface area (Å²) in [6, 6.07) is 3.74. The van der Waals surface area contributed by atoms with E-state index in [0.717, 1.165) is 6.20 Å². The quantitative estimate of drug-likeness (QED) is 0.729. The molecule has 0 saturated carbocycles. The van der Waals surface area contributed by atoms with Gasteiger partial charge in [0.2, 0.25) is 0 Å². The fraction of sp³-hybridized carbons (Fsp3) is 0.438. The van der Waals surface area contributed by atoms with Crippen LogP contribution in [-0.4, -0.2) is 62.5 Å². The number of β-amino-alcohol motifs (C(OH)–C–C–N with tert-alkyl or cyclic N) is 1. The highest BCUT2D eigenvalue weighted by atomic mass is 19.1. The van der Waals surface area contributed by atoms with Crippen molar-refractivity contribution < 1.29 is 19.4 Å². The monoisotopic (exact) mass is 350 g/mol. The molecule has 0 aliphatic carbocycles. The molecular formula is C16H19FN4O4. The van der Waals surface area contributed by atoms with Gasteiger partial charge in [-0.2, -0.15) is 0 Å². The molecule has 3 heterocycles. The van der Waals surface area contributed by atoms with Crippen molar-refractivity contribution in [3.05, 3.63) is 40.6 Å². The zero-order valence-electron chi connectivity index (χ0n) is 13.4. The third kappa shape index (κ3) is 3.94. The van der Waals surface area contributed by atoms with E-state index in [1.54, 1.807) is 6.07 Å². The average molecular weight is 350 g/mol. The Morgan fingerprint density at radius 3 is 2.92 bits per heavy atom. The van der Waals surface area contributed by atoms with E-state index in [9.17, 15) is 19.1 Å². The van der Waals surface area contributed by atoms with E-state index in [-0.39, 0.29) is 5.56 Å². The topological polar surface area (TPSA) is 108 Å². The molecule has 0 radical (unpaired) electrons. The molecule has 25 heavy (non-hydrogen) atoms. The highest BCUT2D eigenvalue weighted by Gasteiger charge is 2.28. The second kappa shape index (κ2) is 7.16. The van der Waals surface area contributed by atoms with Crippen molar-refractivity contribution in [3.63, 3.8) is 0 Å². The molecule has 1 fully saturated rings. The van der Waals surface area contributed by atoms with E-state index in [1.807, 2.05) is 4.90 Å². The van der Waals surface area contributed by atoms with Crippen molar-refractivity contribution in [1.82, 2.24) is 19.8 Å². The number of hydrogen-bond acceptors (Lipinski definition) is 5. The second-order valence-electron chi connectivity index (χ2n) is 6.09. The number of rotatable bonds is 4. The standard InChI is InChI=1S/C16H19FN4O4/c17-10-7-13-11(18-8-10)1-2-15(23)21(13)6-5-20-4-3-12(14(22)9-20)19-16(24)25/h1-2,7-8,12,14,19,22H,3-6,9H2,(H,24,25)/t12-,14+/m0/s1. The van der Waals surface area contributed by atoms with E-state index in [1.165, 1.54) is 16.7 Å². The van der Waals surface area contributed by atoms with Crippen LogP contribution < -0.4 is 10.9 Å². The summed E-state index contributed by atoms with van der Waals surface area (Å²) in [5.41, 5.74) is 0.712. The molecule has 3 rings (SSSR count). The van der Waals surface area contributed by atoms with Crippen molar-refractivity contribution in [3.8, 4) is 0 Å². The number of nitrogens with one attached hydrogen (secondary N) is 1. The van der Waals surface area contributed by atoms with E-state index >= 15 is 0 Å². The molecule has 9 heteroatoms. The number of aliphatic hydroxyl groups excluding tert-OH is 1. The Morgan fingerprint density at radius 1 is 1.40 bits per heavy atom. The third-order valence-electron chi connectivity index (χ3n) is 4.42. The Kier molecular flexibility index (Phi) is 4.95. The molecule has 1 amide bonds. The lowest BCUT2D eigenvalue weighted by Gasteiger charge is -2.35. The first-order valence-corrected chi connectivity index (χ1v) is 7.99.